The van der Waals surface area contributed by atoms with E-state index in [0.717, 1.165) is 30.2 Å². The van der Waals surface area contributed by atoms with Gasteiger partial charge in [0.15, 0.2) is 0 Å². The van der Waals surface area contributed by atoms with E-state index in [4.69, 9.17) is 13.9 Å². The Morgan fingerprint density at radius 1 is 1.23 bits per heavy atom. The highest BCUT2D eigenvalue weighted by Gasteiger charge is 2.30. The maximum Gasteiger partial charge on any atom is 0.336 e. The Balaban J connectivity index is 1.56. The number of benzene rings is 1. The largest absolute Gasteiger partial charge is 0.465 e. The van der Waals surface area contributed by atoms with E-state index in [0.29, 0.717) is 25.3 Å². The SMILES string of the molecule is CCOC(=O)CNC(=O)[C@@H]1COCCN1Cc1cc(=O)oc2cc3c(cc12)CCC3. The van der Waals surface area contributed by atoms with Gasteiger partial charge in [-0.15, -0.1) is 0 Å². The van der Waals surface area contributed by atoms with Crippen LogP contribution in [0.1, 0.15) is 30.0 Å². The summed E-state index contributed by atoms with van der Waals surface area (Å²) in [7, 11) is 0. The fraction of sp³-hybridized carbons (Fsp3) is 0.500. The molecule has 1 aromatic carbocycles. The van der Waals surface area contributed by atoms with Gasteiger partial charge >= 0.3 is 11.6 Å². The van der Waals surface area contributed by atoms with Crippen LogP contribution in [0.25, 0.3) is 11.0 Å². The summed E-state index contributed by atoms with van der Waals surface area (Å²) in [6.07, 6.45) is 3.14. The van der Waals surface area contributed by atoms with Crippen LogP contribution in [0.15, 0.2) is 27.4 Å². The topological polar surface area (TPSA) is 98.1 Å². The van der Waals surface area contributed by atoms with Gasteiger partial charge in [0.2, 0.25) is 5.91 Å². The highest BCUT2D eigenvalue weighted by molar-refractivity contribution is 5.86. The second-order valence-electron chi connectivity index (χ2n) is 7.65. The van der Waals surface area contributed by atoms with Gasteiger partial charge in [-0.05, 0) is 55.0 Å². The fourth-order valence-corrected chi connectivity index (χ4v) is 4.20. The third-order valence-corrected chi connectivity index (χ3v) is 5.67. The maximum absolute atomic E-state index is 12.7. The molecule has 1 aliphatic carbocycles. The molecule has 0 bridgehead atoms. The normalized spacial score (nSPS) is 18.9. The molecule has 1 fully saturated rings. The quantitative estimate of drug-likeness (QED) is 0.560. The molecule has 8 heteroatoms. The van der Waals surface area contributed by atoms with E-state index in [2.05, 4.69) is 11.4 Å². The fourth-order valence-electron chi connectivity index (χ4n) is 4.20. The number of carbonyl (C=O) groups is 2. The number of hydrogen-bond acceptors (Lipinski definition) is 7. The summed E-state index contributed by atoms with van der Waals surface area (Å²) in [5.41, 5.74) is 3.57. The molecule has 2 heterocycles. The van der Waals surface area contributed by atoms with Crippen molar-refractivity contribution >= 4 is 22.8 Å². The predicted molar refractivity (Wildman–Crippen MR) is 109 cm³/mol. The summed E-state index contributed by atoms with van der Waals surface area (Å²) < 4.78 is 15.8. The lowest BCUT2D eigenvalue weighted by molar-refractivity contribution is -0.145. The zero-order chi connectivity index (χ0) is 21.1. The van der Waals surface area contributed by atoms with Crippen molar-refractivity contribution in [3.05, 3.63) is 45.3 Å². The van der Waals surface area contributed by atoms with Gasteiger partial charge in [-0.25, -0.2) is 4.79 Å². The van der Waals surface area contributed by atoms with Gasteiger partial charge in [-0.2, -0.15) is 0 Å². The Hall–Kier alpha value is -2.71. The Morgan fingerprint density at radius 2 is 2.03 bits per heavy atom. The number of morpholine rings is 1. The minimum atomic E-state index is -0.551. The van der Waals surface area contributed by atoms with Crippen LogP contribution in [0.3, 0.4) is 0 Å². The first-order chi connectivity index (χ1) is 14.5. The number of fused-ring (bicyclic) bond motifs is 2. The first-order valence-corrected chi connectivity index (χ1v) is 10.4. The van der Waals surface area contributed by atoms with E-state index in [1.165, 1.54) is 17.2 Å². The minimum absolute atomic E-state index is 0.180. The molecule has 1 saturated heterocycles. The number of carbonyl (C=O) groups excluding carboxylic acids is 2. The third-order valence-electron chi connectivity index (χ3n) is 5.67. The molecule has 0 unspecified atom stereocenters. The van der Waals surface area contributed by atoms with Crippen molar-refractivity contribution in [2.24, 2.45) is 0 Å². The van der Waals surface area contributed by atoms with E-state index in [-0.39, 0.29) is 25.7 Å². The number of esters is 1. The lowest BCUT2D eigenvalue weighted by atomic mass is 10.0. The van der Waals surface area contributed by atoms with Crippen LogP contribution in [-0.4, -0.2) is 55.7 Å². The van der Waals surface area contributed by atoms with E-state index >= 15 is 0 Å². The second-order valence-corrected chi connectivity index (χ2v) is 7.65. The van der Waals surface area contributed by atoms with Crippen LogP contribution in [0.4, 0.5) is 0 Å². The van der Waals surface area contributed by atoms with Crippen molar-refractivity contribution in [2.75, 3.05) is 32.9 Å². The number of nitrogens with zero attached hydrogens (tertiary/aromatic N) is 1. The monoisotopic (exact) mass is 414 g/mol. The van der Waals surface area contributed by atoms with Gasteiger partial charge < -0.3 is 19.2 Å². The number of rotatable bonds is 6. The molecule has 4 rings (SSSR count). The average molecular weight is 414 g/mol. The minimum Gasteiger partial charge on any atom is -0.465 e. The second kappa shape index (κ2) is 8.97. The van der Waals surface area contributed by atoms with Crippen LogP contribution >= 0.6 is 0 Å². The highest BCUT2D eigenvalue weighted by atomic mass is 16.5. The number of aryl methyl sites for hydroxylation is 2. The van der Waals surface area contributed by atoms with Crippen molar-refractivity contribution in [3.63, 3.8) is 0 Å². The van der Waals surface area contributed by atoms with Crippen LogP contribution in [-0.2, 0) is 38.4 Å². The molecule has 0 spiro atoms. The molecule has 1 amide bonds. The first-order valence-electron chi connectivity index (χ1n) is 10.4. The zero-order valence-corrected chi connectivity index (χ0v) is 17.1. The van der Waals surface area contributed by atoms with Crippen LogP contribution in [0.2, 0.25) is 0 Å². The number of ether oxygens (including phenoxy) is 2. The molecule has 160 valence electrons. The summed E-state index contributed by atoms with van der Waals surface area (Å²) >= 11 is 0. The van der Waals surface area contributed by atoms with Crippen LogP contribution < -0.4 is 10.9 Å². The summed E-state index contributed by atoms with van der Waals surface area (Å²) in [5.74, 6) is -0.773. The Morgan fingerprint density at radius 3 is 2.83 bits per heavy atom. The lowest BCUT2D eigenvalue weighted by Gasteiger charge is -2.34. The molecule has 2 aromatic rings. The predicted octanol–water partition coefficient (Wildman–Crippen LogP) is 1.16. The number of amides is 1. The van der Waals surface area contributed by atoms with E-state index in [1.54, 1.807) is 6.92 Å². The lowest BCUT2D eigenvalue weighted by Crippen LogP contribution is -2.54. The smallest absolute Gasteiger partial charge is 0.336 e. The Bertz CT molecular complexity index is 1010. The van der Waals surface area contributed by atoms with Crippen molar-refractivity contribution in [2.45, 2.75) is 38.8 Å². The van der Waals surface area contributed by atoms with E-state index in [9.17, 15) is 14.4 Å². The molecule has 0 radical (unpaired) electrons. The van der Waals surface area contributed by atoms with Gasteiger partial charge in [0.25, 0.3) is 0 Å². The van der Waals surface area contributed by atoms with Gasteiger partial charge in [0, 0.05) is 24.5 Å². The molecule has 2 aliphatic rings. The van der Waals surface area contributed by atoms with Gasteiger partial charge in [-0.3, -0.25) is 14.5 Å². The average Bonchev–Trinajstić information content (AvgIpc) is 3.18. The van der Waals surface area contributed by atoms with Crippen molar-refractivity contribution in [3.8, 4) is 0 Å². The van der Waals surface area contributed by atoms with Gasteiger partial charge in [0.1, 0.15) is 18.2 Å². The van der Waals surface area contributed by atoms with Gasteiger partial charge in [0.05, 0.1) is 19.8 Å². The molecule has 1 aliphatic heterocycles. The molecule has 1 N–H and O–H groups in total. The maximum atomic E-state index is 12.7. The standard InChI is InChI=1S/C22H26N2O6/c1-2-29-21(26)11-23-22(27)18-13-28-7-6-24(18)12-16-10-20(25)30-19-9-15-5-3-4-14(15)8-17(16)19/h8-10,18H,2-7,11-13H2,1H3,(H,23,27)/t18-/m0/s1. The van der Waals surface area contributed by atoms with Gasteiger partial charge in [-0.1, -0.05) is 0 Å². The molecular weight excluding hydrogens is 388 g/mol. The van der Waals surface area contributed by atoms with Crippen molar-refractivity contribution in [1.82, 2.24) is 10.2 Å². The number of nitrogens with one attached hydrogen (secondary N) is 1. The Labute approximate surface area is 174 Å². The molecule has 1 atom stereocenters. The number of hydrogen-bond donors (Lipinski definition) is 1. The molecule has 1 aromatic heterocycles. The summed E-state index contributed by atoms with van der Waals surface area (Å²) in [6, 6.07) is 5.05. The summed E-state index contributed by atoms with van der Waals surface area (Å²) in [5, 5.41) is 3.53. The first kappa shape index (κ1) is 20.6. The zero-order valence-electron chi connectivity index (χ0n) is 17.1. The van der Waals surface area contributed by atoms with Crippen LogP contribution in [0, 0.1) is 0 Å². The van der Waals surface area contributed by atoms with Crippen molar-refractivity contribution < 1.29 is 23.5 Å². The summed E-state index contributed by atoms with van der Waals surface area (Å²) in [4.78, 5) is 38.4. The molecule has 8 nitrogen and oxygen atoms in total. The molecule has 30 heavy (non-hydrogen) atoms. The highest BCUT2D eigenvalue weighted by Crippen LogP contribution is 2.29. The van der Waals surface area contributed by atoms with E-state index < -0.39 is 17.6 Å². The Kier molecular flexibility index (Phi) is 6.15. The molecular formula is C22H26N2O6. The van der Waals surface area contributed by atoms with Crippen LogP contribution in [0.5, 0.6) is 0 Å². The third kappa shape index (κ3) is 4.39. The van der Waals surface area contributed by atoms with Crippen molar-refractivity contribution in [1.29, 1.82) is 0 Å². The van der Waals surface area contributed by atoms with E-state index in [1.807, 2.05) is 11.0 Å². The summed E-state index contributed by atoms with van der Waals surface area (Å²) in [6.45, 7) is 3.49. The molecule has 0 saturated carbocycles.